The second-order valence-electron chi connectivity index (χ2n) is 3.92. The van der Waals surface area contributed by atoms with Gasteiger partial charge < -0.3 is 0 Å². The zero-order chi connectivity index (χ0) is 14.6. The van der Waals surface area contributed by atoms with Gasteiger partial charge in [0.25, 0.3) is 0 Å². The largest absolute Gasteiger partial charge is 0.299 e. The van der Waals surface area contributed by atoms with E-state index in [1.54, 1.807) is 27.7 Å². The van der Waals surface area contributed by atoms with E-state index in [1.807, 2.05) is 0 Å². The van der Waals surface area contributed by atoms with E-state index in [1.165, 1.54) is 0 Å². The molecular weight excluding hydrogens is 351 g/mol. The second-order valence-corrected chi connectivity index (χ2v) is 3.92. The van der Waals surface area contributed by atoms with E-state index in [9.17, 15) is 19.2 Å². The molecule has 0 aliphatic rings. The average Bonchev–Trinajstić information content (AvgIpc) is 2.38. The summed E-state index contributed by atoms with van der Waals surface area (Å²) in [5.74, 6) is 0.174. The molecule has 108 valence electrons. The van der Waals surface area contributed by atoms with Gasteiger partial charge in [-0.2, -0.15) is 0 Å². The van der Waals surface area contributed by atoms with Crippen LogP contribution in [-0.4, -0.2) is 47.0 Å². The number of carbonyl (C=O) groups excluding carboxylic acids is 4. The van der Waals surface area contributed by atoms with Crippen molar-refractivity contribution < 1.29 is 19.2 Å². The van der Waals surface area contributed by atoms with Gasteiger partial charge in [0, 0.05) is 49.6 Å². The third-order valence-corrected chi connectivity index (χ3v) is 2.37. The molecule has 0 heterocycles. The molecule has 0 aliphatic heterocycles. The second kappa shape index (κ2) is 15.5. The number of rotatable bonds is 8. The smallest absolute Gasteiger partial charge is 0.139 e. The average molecular weight is 375 g/mol. The summed E-state index contributed by atoms with van der Waals surface area (Å²) < 4.78 is 0. The fraction of sp³-hybridized carbons (Fsp3) is 0.714. The Kier molecular flexibility index (Phi) is 19.3. The minimum atomic E-state index is 0. The predicted molar refractivity (Wildman–Crippen MR) is 76.2 cm³/mol. The van der Waals surface area contributed by atoms with Crippen molar-refractivity contribution >= 4 is 47.0 Å². The number of hydrogen-bond donors (Lipinski definition) is 0. The Morgan fingerprint density at radius 1 is 0.526 bits per heavy atom. The van der Waals surface area contributed by atoms with E-state index in [-0.39, 0.29) is 59.9 Å². The van der Waals surface area contributed by atoms with Gasteiger partial charge in [0.1, 0.15) is 23.1 Å². The van der Waals surface area contributed by atoms with Crippen molar-refractivity contribution in [3.05, 3.63) is 0 Å². The molecule has 5 heteroatoms. The zero-order valence-corrected chi connectivity index (χ0v) is 15.2. The molecule has 0 aromatic rings. The van der Waals surface area contributed by atoms with E-state index >= 15 is 0 Å². The molecule has 0 amide bonds. The Balaban J connectivity index is -0.000000256. The molecular formula is C14H24O4Sn. The normalized spacial score (nSPS) is 8.63. The van der Waals surface area contributed by atoms with Gasteiger partial charge in [0.15, 0.2) is 0 Å². The van der Waals surface area contributed by atoms with Crippen LogP contribution in [0.1, 0.15) is 66.2 Å². The third kappa shape index (κ3) is 17.5. The molecule has 0 saturated carbocycles. The van der Waals surface area contributed by atoms with Crippen LogP contribution in [0.2, 0.25) is 0 Å². The maximum Gasteiger partial charge on any atom is 0.139 e. The predicted octanol–water partition coefficient (Wildman–Crippen LogP) is 2.29. The summed E-state index contributed by atoms with van der Waals surface area (Å²) >= 11 is 0. The molecule has 0 aromatic carbocycles. The van der Waals surface area contributed by atoms with Crippen LogP contribution < -0.4 is 0 Å². The fourth-order valence-electron chi connectivity index (χ4n) is 0.940. The molecule has 4 radical (unpaired) electrons. The van der Waals surface area contributed by atoms with Gasteiger partial charge in [-0.1, -0.05) is 27.7 Å². The van der Waals surface area contributed by atoms with Crippen LogP contribution in [0.5, 0.6) is 0 Å². The van der Waals surface area contributed by atoms with Crippen LogP contribution in [0.3, 0.4) is 0 Å². The Labute approximate surface area is 132 Å². The third-order valence-electron chi connectivity index (χ3n) is 2.37. The number of carbonyl (C=O) groups is 4. The van der Waals surface area contributed by atoms with Crippen LogP contribution in [0.4, 0.5) is 0 Å². The molecule has 0 aliphatic carbocycles. The zero-order valence-electron chi connectivity index (χ0n) is 12.4. The summed E-state index contributed by atoms with van der Waals surface area (Å²) in [7, 11) is 0. The molecule has 0 unspecified atom stereocenters. The number of Topliss-reactive ketones (excluding diaryl/α,β-unsaturated/α-hetero) is 4. The number of ketones is 4. The summed E-state index contributed by atoms with van der Waals surface area (Å²) in [6.07, 6.45) is 2.18. The molecule has 0 bridgehead atoms. The van der Waals surface area contributed by atoms with Crippen LogP contribution in [0, 0.1) is 0 Å². The van der Waals surface area contributed by atoms with Gasteiger partial charge in [-0.05, 0) is 0 Å². The Morgan fingerprint density at radius 2 is 0.684 bits per heavy atom. The van der Waals surface area contributed by atoms with Crippen molar-refractivity contribution in [1.82, 2.24) is 0 Å². The molecule has 0 N–H and O–H groups in total. The van der Waals surface area contributed by atoms with E-state index in [4.69, 9.17) is 0 Å². The van der Waals surface area contributed by atoms with Gasteiger partial charge in [-0.15, -0.1) is 0 Å². The molecule has 0 rings (SSSR count). The summed E-state index contributed by atoms with van der Waals surface area (Å²) in [5.41, 5.74) is 0. The van der Waals surface area contributed by atoms with E-state index in [2.05, 4.69) is 0 Å². The Hall–Kier alpha value is -0.521. The minimum Gasteiger partial charge on any atom is -0.299 e. The van der Waals surface area contributed by atoms with E-state index in [0.717, 1.165) is 0 Å². The van der Waals surface area contributed by atoms with Crippen molar-refractivity contribution in [2.45, 2.75) is 66.2 Å². The molecule has 0 fully saturated rings. The Bertz CT molecular complexity index is 240. The first-order valence-corrected chi connectivity index (χ1v) is 6.47. The summed E-state index contributed by atoms with van der Waals surface area (Å²) in [6, 6.07) is 0. The number of hydrogen-bond acceptors (Lipinski definition) is 4. The molecule has 0 spiro atoms. The maximum atomic E-state index is 10.6. The Morgan fingerprint density at radius 3 is 0.789 bits per heavy atom. The summed E-state index contributed by atoms with van der Waals surface area (Å²) in [6.45, 7) is 7.08. The molecule has 4 nitrogen and oxygen atoms in total. The van der Waals surface area contributed by atoms with Gasteiger partial charge in [0.05, 0.1) is 12.8 Å². The quantitative estimate of drug-likeness (QED) is 0.482. The topological polar surface area (TPSA) is 68.3 Å². The first-order valence-electron chi connectivity index (χ1n) is 6.47. The summed E-state index contributed by atoms with van der Waals surface area (Å²) in [5, 5.41) is 0. The SMILES string of the molecule is CCC(=O)CC(=O)CC.CCC(=O)CC(=O)CC.[Sn]. The van der Waals surface area contributed by atoms with Crippen LogP contribution in [-0.2, 0) is 19.2 Å². The first kappa shape index (κ1) is 23.6. The molecule has 0 saturated heterocycles. The van der Waals surface area contributed by atoms with Gasteiger partial charge in [-0.3, -0.25) is 19.2 Å². The van der Waals surface area contributed by atoms with E-state index in [0.29, 0.717) is 25.7 Å². The van der Waals surface area contributed by atoms with Crippen LogP contribution in [0.15, 0.2) is 0 Å². The fourth-order valence-corrected chi connectivity index (χ4v) is 0.940. The molecule has 0 atom stereocenters. The van der Waals surface area contributed by atoms with Crippen molar-refractivity contribution in [2.24, 2.45) is 0 Å². The van der Waals surface area contributed by atoms with Crippen molar-refractivity contribution in [2.75, 3.05) is 0 Å². The minimum absolute atomic E-state index is 0. The monoisotopic (exact) mass is 376 g/mol. The van der Waals surface area contributed by atoms with Crippen molar-refractivity contribution in [1.29, 1.82) is 0 Å². The standard InChI is InChI=1S/2C7H12O2.Sn/c2*1-3-6(8)5-7(9)4-2;/h2*3-5H2,1-2H3;. The van der Waals surface area contributed by atoms with Gasteiger partial charge >= 0.3 is 0 Å². The molecule has 0 aromatic heterocycles. The molecule has 19 heavy (non-hydrogen) atoms. The van der Waals surface area contributed by atoms with Crippen LogP contribution in [0.25, 0.3) is 0 Å². The van der Waals surface area contributed by atoms with Crippen LogP contribution >= 0.6 is 0 Å². The van der Waals surface area contributed by atoms with Gasteiger partial charge in [-0.25, -0.2) is 0 Å². The van der Waals surface area contributed by atoms with Gasteiger partial charge in [0.2, 0.25) is 0 Å². The van der Waals surface area contributed by atoms with Crippen molar-refractivity contribution in [3.63, 3.8) is 0 Å². The summed E-state index contributed by atoms with van der Waals surface area (Å²) in [4.78, 5) is 42.2. The van der Waals surface area contributed by atoms with E-state index < -0.39 is 0 Å². The first-order chi connectivity index (χ1) is 8.40. The van der Waals surface area contributed by atoms with Crippen molar-refractivity contribution in [3.8, 4) is 0 Å². The maximum absolute atomic E-state index is 10.6.